The van der Waals surface area contributed by atoms with Gasteiger partial charge in [-0.1, -0.05) is 12.1 Å². The molecule has 0 atom stereocenters. The molecule has 1 fully saturated rings. The molecule has 1 saturated carbocycles. The molecule has 0 amide bonds. The van der Waals surface area contributed by atoms with Crippen LogP contribution in [-0.4, -0.2) is 20.2 Å². The first-order chi connectivity index (χ1) is 8.23. The van der Waals surface area contributed by atoms with E-state index in [9.17, 15) is 26.4 Å². The number of rotatable bonds is 3. The topological polar surface area (TPSA) is 51.2 Å². The van der Waals surface area contributed by atoms with Crippen molar-refractivity contribution in [2.75, 3.05) is 0 Å². The highest BCUT2D eigenvalue weighted by molar-refractivity contribution is 7.92. The number of carbonyl (C=O) groups is 1. The lowest BCUT2D eigenvalue weighted by Crippen LogP contribution is -2.23. The molecule has 2 rings (SSSR count). The summed E-state index contributed by atoms with van der Waals surface area (Å²) in [6.45, 7) is 0. The maximum Gasteiger partial charge on any atom is 0.501 e. The van der Waals surface area contributed by atoms with Crippen molar-refractivity contribution in [3.63, 3.8) is 0 Å². The molecule has 1 aromatic carbocycles. The molecule has 0 aromatic heterocycles. The van der Waals surface area contributed by atoms with Gasteiger partial charge >= 0.3 is 5.51 Å². The number of halogens is 3. The monoisotopic (exact) mass is 278 g/mol. The van der Waals surface area contributed by atoms with Crippen molar-refractivity contribution in [1.29, 1.82) is 0 Å². The van der Waals surface area contributed by atoms with Crippen LogP contribution in [0.15, 0.2) is 29.2 Å². The molecule has 0 radical (unpaired) electrons. The number of hydrogen-bond acceptors (Lipinski definition) is 3. The van der Waals surface area contributed by atoms with Crippen LogP contribution in [0.3, 0.4) is 0 Å². The van der Waals surface area contributed by atoms with E-state index in [1.165, 1.54) is 12.1 Å². The van der Waals surface area contributed by atoms with Crippen molar-refractivity contribution >= 4 is 16.1 Å². The van der Waals surface area contributed by atoms with Gasteiger partial charge in [-0.3, -0.25) is 0 Å². The van der Waals surface area contributed by atoms with E-state index in [1.807, 2.05) is 0 Å². The molecule has 0 saturated heterocycles. The molecular formula is C11H9F3O3S. The smallest absolute Gasteiger partial charge is 0.302 e. The Morgan fingerprint density at radius 1 is 1.22 bits per heavy atom. The van der Waals surface area contributed by atoms with Crippen LogP contribution >= 0.6 is 0 Å². The summed E-state index contributed by atoms with van der Waals surface area (Å²) in [4.78, 5) is 10.1. The first-order valence-electron chi connectivity index (χ1n) is 5.11. The van der Waals surface area contributed by atoms with Crippen molar-refractivity contribution in [3.8, 4) is 0 Å². The second kappa shape index (κ2) is 3.81. The van der Waals surface area contributed by atoms with E-state index in [-0.39, 0.29) is 0 Å². The maximum absolute atomic E-state index is 12.4. The molecule has 0 spiro atoms. The van der Waals surface area contributed by atoms with Crippen molar-refractivity contribution < 1.29 is 26.4 Å². The standard InChI is InChI=1S/C11H9F3O3S/c12-11(13,14)18(16,17)9-3-1-2-8(6-9)10(7-15)4-5-10/h1-3,6-7H,4-5H2. The number of alkyl halides is 3. The molecule has 0 N–H and O–H groups in total. The van der Waals surface area contributed by atoms with Crippen LogP contribution in [0.5, 0.6) is 0 Å². The molecule has 18 heavy (non-hydrogen) atoms. The van der Waals surface area contributed by atoms with Gasteiger partial charge in [-0.05, 0) is 30.5 Å². The van der Waals surface area contributed by atoms with Gasteiger partial charge in [0.25, 0.3) is 9.84 Å². The Labute approximate surface area is 102 Å². The number of aldehydes is 1. The lowest BCUT2D eigenvalue weighted by Gasteiger charge is -2.11. The maximum atomic E-state index is 12.4. The molecule has 1 aromatic rings. The van der Waals surface area contributed by atoms with Gasteiger partial charge in [-0.15, -0.1) is 0 Å². The van der Waals surface area contributed by atoms with Crippen molar-refractivity contribution in [2.24, 2.45) is 0 Å². The van der Waals surface area contributed by atoms with Crippen LogP contribution in [0, 0.1) is 0 Å². The van der Waals surface area contributed by atoms with Crippen molar-refractivity contribution in [1.82, 2.24) is 0 Å². The van der Waals surface area contributed by atoms with E-state index in [0.29, 0.717) is 24.7 Å². The molecule has 1 aliphatic carbocycles. The minimum absolute atomic E-state index is 0.322. The molecule has 0 aliphatic heterocycles. The summed E-state index contributed by atoms with van der Waals surface area (Å²) in [6, 6.07) is 4.51. The molecule has 0 heterocycles. The molecule has 7 heteroatoms. The molecule has 3 nitrogen and oxygen atoms in total. The van der Waals surface area contributed by atoms with Gasteiger partial charge in [0.2, 0.25) is 0 Å². The fraction of sp³-hybridized carbons (Fsp3) is 0.364. The minimum atomic E-state index is -5.36. The molecule has 0 unspecified atom stereocenters. The molecular weight excluding hydrogens is 269 g/mol. The first kappa shape index (κ1) is 13.1. The summed E-state index contributed by atoms with van der Waals surface area (Å²) in [6.07, 6.45) is 1.73. The SMILES string of the molecule is O=CC1(c2cccc(S(=O)(=O)C(F)(F)F)c2)CC1. The van der Waals surface area contributed by atoms with E-state index < -0.39 is 25.7 Å². The zero-order valence-corrected chi connectivity index (χ0v) is 9.88. The lowest BCUT2D eigenvalue weighted by atomic mass is 9.98. The molecule has 0 bridgehead atoms. The van der Waals surface area contributed by atoms with Gasteiger partial charge in [-0.25, -0.2) is 8.42 Å². The summed E-state index contributed by atoms with van der Waals surface area (Å²) in [5.74, 6) is 0. The van der Waals surface area contributed by atoms with Gasteiger partial charge in [-0.2, -0.15) is 13.2 Å². The highest BCUT2D eigenvalue weighted by Gasteiger charge is 2.48. The van der Waals surface area contributed by atoms with E-state index in [0.717, 1.165) is 12.1 Å². The average Bonchev–Trinajstić information content (AvgIpc) is 3.08. The van der Waals surface area contributed by atoms with E-state index in [2.05, 4.69) is 0 Å². The highest BCUT2D eigenvalue weighted by Crippen LogP contribution is 2.47. The van der Waals surface area contributed by atoms with Crippen LogP contribution in [0.1, 0.15) is 18.4 Å². The van der Waals surface area contributed by atoms with Crippen LogP contribution in [0.4, 0.5) is 13.2 Å². The summed E-state index contributed by atoms with van der Waals surface area (Å²) < 4.78 is 59.6. The summed E-state index contributed by atoms with van der Waals surface area (Å²) >= 11 is 0. The van der Waals surface area contributed by atoms with Gasteiger partial charge in [0.15, 0.2) is 0 Å². The zero-order valence-electron chi connectivity index (χ0n) is 9.07. The second-order valence-corrected chi connectivity index (χ2v) is 6.19. The normalized spacial score (nSPS) is 18.4. The quantitative estimate of drug-likeness (QED) is 0.796. The molecule has 98 valence electrons. The fourth-order valence-electron chi connectivity index (χ4n) is 1.72. The van der Waals surface area contributed by atoms with Crippen LogP contribution < -0.4 is 0 Å². The third-order valence-corrected chi connectivity index (χ3v) is 4.52. The van der Waals surface area contributed by atoms with Gasteiger partial charge in [0, 0.05) is 0 Å². The zero-order chi connectivity index (χ0) is 13.6. The Bertz CT molecular complexity index is 586. The Hall–Kier alpha value is -1.37. The van der Waals surface area contributed by atoms with Crippen LogP contribution in [0.25, 0.3) is 0 Å². The van der Waals surface area contributed by atoms with Gasteiger partial charge in [0.1, 0.15) is 6.29 Å². The first-order valence-corrected chi connectivity index (χ1v) is 6.59. The number of hydrogen-bond donors (Lipinski definition) is 0. The van der Waals surface area contributed by atoms with Crippen molar-refractivity contribution in [2.45, 2.75) is 28.7 Å². The average molecular weight is 278 g/mol. The Morgan fingerprint density at radius 2 is 1.83 bits per heavy atom. The van der Waals surface area contributed by atoms with Crippen molar-refractivity contribution in [3.05, 3.63) is 29.8 Å². The predicted octanol–water partition coefficient (Wildman–Crippen LogP) is 2.21. The third-order valence-electron chi connectivity index (χ3n) is 3.04. The fourth-order valence-corrected chi connectivity index (χ4v) is 2.52. The largest absolute Gasteiger partial charge is 0.501 e. The van der Waals surface area contributed by atoms with Gasteiger partial charge < -0.3 is 4.79 Å². The van der Waals surface area contributed by atoms with E-state index in [1.54, 1.807) is 0 Å². The van der Waals surface area contributed by atoms with E-state index in [4.69, 9.17) is 0 Å². The Kier molecular flexibility index (Phi) is 2.77. The highest BCUT2D eigenvalue weighted by atomic mass is 32.2. The Balaban J connectivity index is 2.50. The predicted molar refractivity (Wildman–Crippen MR) is 56.7 cm³/mol. The second-order valence-electron chi connectivity index (χ2n) is 4.25. The van der Waals surface area contributed by atoms with Crippen LogP contribution in [0.2, 0.25) is 0 Å². The number of sulfone groups is 1. The summed E-state index contributed by atoms with van der Waals surface area (Å²) in [5.41, 5.74) is -5.80. The van der Waals surface area contributed by atoms with Gasteiger partial charge in [0.05, 0.1) is 10.3 Å². The molecule has 1 aliphatic rings. The Morgan fingerprint density at radius 3 is 2.28 bits per heavy atom. The summed E-state index contributed by atoms with van der Waals surface area (Å²) in [5, 5.41) is 0. The number of carbonyl (C=O) groups excluding carboxylic acids is 1. The third kappa shape index (κ3) is 1.92. The minimum Gasteiger partial charge on any atom is -0.302 e. The number of benzene rings is 1. The lowest BCUT2D eigenvalue weighted by molar-refractivity contribution is -0.109. The summed E-state index contributed by atoms with van der Waals surface area (Å²) in [7, 11) is -5.36. The van der Waals surface area contributed by atoms with Crippen LogP contribution in [-0.2, 0) is 20.0 Å². The van der Waals surface area contributed by atoms with E-state index >= 15 is 0 Å².